The Morgan fingerprint density at radius 3 is 1.91 bits per heavy atom. The van der Waals surface area contributed by atoms with Crippen LogP contribution in [0.4, 0.5) is 8.78 Å². The van der Waals surface area contributed by atoms with Gasteiger partial charge in [-0.2, -0.15) is 17.2 Å². The van der Waals surface area contributed by atoms with Crippen molar-refractivity contribution in [1.82, 2.24) is 0 Å². The van der Waals surface area contributed by atoms with E-state index in [9.17, 15) is 26.8 Å². The molecular weight excluding hydrogens is 446 g/mol. The van der Waals surface area contributed by atoms with Gasteiger partial charge in [-0.05, 0) is 82.5 Å². The fourth-order valence-electron chi connectivity index (χ4n) is 6.81. The van der Waals surface area contributed by atoms with E-state index in [4.69, 9.17) is 14.0 Å². The van der Waals surface area contributed by atoms with Crippen LogP contribution in [0.3, 0.4) is 0 Å². The summed E-state index contributed by atoms with van der Waals surface area (Å²) >= 11 is 0. The maximum atomic E-state index is 13.8. The molecule has 0 aromatic carbocycles. The summed E-state index contributed by atoms with van der Waals surface area (Å²) in [5, 5.41) is -4.64. The van der Waals surface area contributed by atoms with Gasteiger partial charge in [-0.15, -0.1) is 0 Å². The van der Waals surface area contributed by atoms with Crippen LogP contribution in [-0.2, 0) is 29.2 Å². The molecule has 5 saturated carbocycles. The number of rotatable bonds is 6. The monoisotopic (exact) mass is 478 g/mol. The summed E-state index contributed by atoms with van der Waals surface area (Å²) in [4.78, 5) is 25.9. The molecule has 3 unspecified atom stereocenters. The van der Waals surface area contributed by atoms with Gasteiger partial charge in [0.15, 0.2) is 6.10 Å². The van der Waals surface area contributed by atoms with E-state index in [1.807, 2.05) is 6.92 Å². The summed E-state index contributed by atoms with van der Waals surface area (Å²) in [6, 6.07) is 0. The molecule has 0 aromatic heterocycles. The Morgan fingerprint density at radius 1 is 0.969 bits per heavy atom. The van der Waals surface area contributed by atoms with Crippen molar-refractivity contribution < 1.29 is 40.8 Å². The Kier molecular flexibility index (Phi) is 6.10. The molecule has 0 radical (unpaired) electrons. The molecule has 0 aromatic rings. The molecule has 182 valence electrons. The van der Waals surface area contributed by atoms with Crippen molar-refractivity contribution in [2.45, 2.75) is 88.6 Å². The van der Waals surface area contributed by atoms with Gasteiger partial charge in [-0.25, -0.2) is 0 Å². The molecule has 0 amide bonds. The highest BCUT2D eigenvalue weighted by atomic mass is 32.2. The van der Waals surface area contributed by atoms with Gasteiger partial charge >= 0.3 is 27.3 Å². The summed E-state index contributed by atoms with van der Waals surface area (Å²) in [5.74, 6) is -1.31. The smallest absolute Gasteiger partial charge is 0.405 e. The SMILES string of the molecule is CC(OC(=O)C1CCCCC1C(=O)OC1(C)C2CC3CC(C2)CC1C3)C(F)(F)S(=O)(=O)O. The molecule has 5 aliphatic carbocycles. The maximum absolute atomic E-state index is 13.8. The largest absolute Gasteiger partial charge is 0.459 e. The molecule has 0 spiro atoms. The fourth-order valence-corrected chi connectivity index (χ4v) is 7.28. The molecule has 5 fully saturated rings. The van der Waals surface area contributed by atoms with Crippen LogP contribution in [0.2, 0.25) is 0 Å². The topological polar surface area (TPSA) is 107 Å². The second kappa shape index (κ2) is 8.18. The van der Waals surface area contributed by atoms with Crippen molar-refractivity contribution >= 4 is 22.1 Å². The average molecular weight is 479 g/mol. The average Bonchev–Trinajstić information content (AvgIpc) is 2.70. The molecular formula is C22H32F2O7S. The summed E-state index contributed by atoms with van der Waals surface area (Å²) in [7, 11) is -5.75. The molecule has 3 atom stereocenters. The van der Waals surface area contributed by atoms with Gasteiger partial charge < -0.3 is 9.47 Å². The highest BCUT2D eigenvalue weighted by Gasteiger charge is 2.58. The zero-order chi connectivity index (χ0) is 23.5. The molecule has 32 heavy (non-hydrogen) atoms. The first kappa shape index (κ1) is 23.9. The maximum Gasteiger partial charge on any atom is 0.405 e. The van der Waals surface area contributed by atoms with Crippen molar-refractivity contribution in [3.63, 3.8) is 0 Å². The first-order valence-corrected chi connectivity index (χ1v) is 13.0. The van der Waals surface area contributed by atoms with Gasteiger partial charge in [0.1, 0.15) is 5.60 Å². The Labute approximate surface area is 187 Å². The molecule has 10 heteroatoms. The number of hydrogen-bond donors (Lipinski definition) is 1. The summed E-state index contributed by atoms with van der Waals surface area (Å²) in [6.07, 6.45) is 5.07. The summed E-state index contributed by atoms with van der Waals surface area (Å²) in [5.41, 5.74) is -0.568. The quantitative estimate of drug-likeness (QED) is 0.455. The highest BCUT2D eigenvalue weighted by Crippen LogP contribution is 2.59. The number of ether oxygens (including phenoxy) is 2. The van der Waals surface area contributed by atoms with Gasteiger partial charge in [0, 0.05) is 0 Å². The Hall–Kier alpha value is -1.29. The van der Waals surface area contributed by atoms with Crippen molar-refractivity contribution in [3.05, 3.63) is 0 Å². The van der Waals surface area contributed by atoms with E-state index in [1.165, 1.54) is 6.42 Å². The van der Waals surface area contributed by atoms with E-state index >= 15 is 0 Å². The second-order valence-corrected chi connectivity index (χ2v) is 12.0. The number of esters is 2. The number of carbonyl (C=O) groups excluding carboxylic acids is 2. The third-order valence-corrected chi connectivity index (χ3v) is 9.58. The second-order valence-electron chi connectivity index (χ2n) is 10.5. The Morgan fingerprint density at radius 2 is 1.44 bits per heavy atom. The summed E-state index contributed by atoms with van der Waals surface area (Å²) < 4.78 is 69.2. The van der Waals surface area contributed by atoms with Crippen LogP contribution in [0.1, 0.15) is 71.6 Å². The van der Waals surface area contributed by atoms with Gasteiger partial charge in [0.05, 0.1) is 11.8 Å². The molecule has 5 rings (SSSR count). The van der Waals surface area contributed by atoms with Crippen molar-refractivity contribution in [1.29, 1.82) is 0 Å². The number of hydrogen-bond acceptors (Lipinski definition) is 6. The minimum Gasteiger partial charge on any atom is -0.459 e. The van der Waals surface area contributed by atoms with Crippen molar-refractivity contribution in [2.75, 3.05) is 0 Å². The normalized spacial score (nSPS) is 40.0. The lowest BCUT2D eigenvalue weighted by Crippen LogP contribution is -2.58. The fraction of sp³-hybridized carbons (Fsp3) is 0.909. The van der Waals surface area contributed by atoms with E-state index in [-0.39, 0.29) is 6.42 Å². The molecule has 5 aliphatic rings. The lowest BCUT2D eigenvalue weighted by atomic mass is 9.50. The predicted molar refractivity (Wildman–Crippen MR) is 109 cm³/mol. The zero-order valence-electron chi connectivity index (χ0n) is 18.5. The zero-order valence-corrected chi connectivity index (χ0v) is 19.3. The first-order valence-electron chi connectivity index (χ1n) is 11.6. The summed E-state index contributed by atoms with van der Waals surface area (Å²) in [6.45, 7) is 2.71. The van der Waals surface area contributed by atoms with Crippen LogP contribution in [0, 0.1) is 35.5 Å². The van der Waals surface area contributed by atoms with Crippen molar-refractivity contribution in [2.24, 2.45) is 35.5 Å². The van der Waals surface area contributed by atoms with Crippen LogP contribution in [-0.4, -0.2) is 41.9 Å². The molecule has 7 nitrogen and oxygen atoms in total. The van der Waals surface area contributed by atoms with Gasteiger partial charge in [0.25, 0.3) is 0 Å². The van der Waals surface area contributed by atoms with Crippen LogP contribution in [0.15, 0.2) is 0 Å². The number of halogens is 2. The van der Waals surface area contributed by atoms with Crippen LogP contribution in [0.25, 0.3) is 0 Å². The molecule has 0 heterocycles. The minimum atomic E-state index is -5.75. The van der Waals surface area contributed by atoms with E-state index in [2.05, 4.69) is 0 Å². The van der Waals surface area contributed by atoms with Crippen LogP contribution >= 0.6 is 0 Å². The van der Waals surface area contributed by atoms with Crippen LogP contribution < -0.4 is 0 Å². The predicted octanol–water partition coefficient (Wildman–Crippen LogP) is 3.96. The van der Waals surface area contributed by atoms with E-state index in [1.54, 1.807) is 0 Å². The minimum absolute atomic E-state index is 0.274. The molecule has 4 bridgehead atoms. The van der Waals surface area contributed by atoms with E-state index < -0.39 is 50.9 Å². The molecule has 0 aliphatic heterocycles. The third kappa shape index (κ3) is 4.06. The lowest BCUT2D eigenvalue weighted by Gasteiger charge is -2.59. The van der Waals surface area contributed by atoms with E-state index in [0.717, 1.165) is 25.7 Å². The molecule has 0 saturated heterocycles. The molecule has 1 N–H and O–H groups in total. The first-order chi connectivity index (χ1) is 14.8. The standard InChI is InChI=1S/C22H32F2O7S/c1-12(22(23,24)32(27,28)29)30-19(25)17-5-3-4-6-18(17)20(26)31-21(2)15-8-13-7-14(10-15)11-16(21)9-13/h12-18H,3-11H2,1-2H3,(H,27,28,29). The third-order valence-electron chi connectivity index (χ3n) is 8.56. The van der Waals surface area contributed by atoms with Gasteiger partial charge in [0.2, 0.25) is 0 Å². The van der Waals surface area contributed by atoms with Gasteiger partial charge in [-0.1, -0.05) is 12.8 Å². The number of alkyl halides is 2. The van der Waals surface area contributed by atoms with Crippen molar-refractivity contribution in [3.8, 4) is 0 Å². The lowest BCUT2D eigenvalue weighted by molar-refractivity contribution is -0.211. The Bertz CT molecular complexity index is 844. The van der Waals surface area contributed by atoms with Crippen LogP contribution in [0.5, 0.6) is 0 Å². The Balaban J connectivity index is 1.45. The number of carbonyl (C=O) groups is 2. The van der Waals surface area contributed by atoms with E-state index in [0.29, 0.717) is 49.9 Å². The van der Waals surface area contributed by atoms with Gasteiger partial charge in [-0.3, -0.25) is 14.1 Å². The highest BCUT2D eigenvalue weighted by molar-refractivity contribution is 7.86.